The van der Waals surface area contributed by atoms with Crippen molar-refractivity contribution < 1.29 is 40.6 Å². The van der Waals surface area contributed by atoms with E-state index in [-0.39, 0.29) is 41.6 Å². The Hall–Kier alpha value is -3.36. The van der Waals surface area contributed by atoms with Crippen LogP contribution in [0.3, 0.4) is 0 Å². The molecule has 0 bridgehead atoms. The SMILES string of the molecule is CCOc1ccc(OCc2ccc(OCc3cc(F)c(F)c(F)c3)c(F)c2)c(F)c1F. The molecule has 0 saturated heterocycles. The molecule has 3 aromatic carbocycles. The summed E-state index contributed by atoms with van der Waals surface area (Å²) in [4.78, 5) is 0. The van der Waals surface area contributed by atoms with Gasteiger partial charge in [-0.1, -0.05) is 6.07 Å². The van der Waals surface area contributed by atoms with Crippen LogP contribution in [0.4, 0.5) is 26.3 Å². The van der Waals surface area contributed by atoms with Gasteiger partial charge in [0, 0.05) is 0 Å². The van der Waals surface area contributed by atoms with Crippen LogP contribution in [-0.4, -0.2) is 6.61 Å². The lowest BCUT2D eigenvalue weighted by Gasteiger charge is -2.12. The van der Waals surface area contributed by atoms with Crippen molar-refractivity contribution in [3.05, 3.63) is 88.5 Å². The van der Waals surface area contributed by atoms with Gasteiger partial charge < -0.3 is 14.2 Å². The summed E-state index contributed by atoms with van der Waals surface area (Å²) in [6, 6.07) is 7.58. The Morgan fingerprint density at radius 3 is 1.61 bits per heavy atom. The summed E-state index contributed by atoms with van der Waals surface area (Å²) in [6.07, 6.45) is 0. The molecular formula is C22H16F6O3. The third kappa shape index (κ3) is 5.22. The number of halogens is 6. The molecule has 31 heavy (non-hydrogen) atoms. The van der Waals surface area contributed by atoms with Gasteiger partial charge in [-0.25, -0.2) is 17.6 Å². The lowest BCUT2D eigenvalue weighted by atomic mass is 10.2. The third-order valence-corrected chi connectivity index (χ3v) is 4.14. The first kappa shape index (κ1) is 22.3. The smallest absolute Gasteiger partial charge is 0.204 e. The Morgan fingerprint density at radius 1 is 0.548 bits per heavy atom. The van der Waals surface area contributed by atoms with Gasteiger partial charge in [0.2, 0.25) is 11.6 Å². The minimum atomic E-state index is -1.61. The maximum atomic E-state index is 14.2. The Labute approximate surface area is 173 Å². The lowest BCUT2D eigenvalue weighted by molar-refractivity contribution is 0.271. The molecule has 0 atom stereocenters. The highest BCUT2D eigenvalue weighted by Crippen LogP contribution is 2.28. The van der Waals surface area contributed by atoms with Gasteiger partial charge in [0.05, 0.1) is 6.61 Å². The van der Waals surface area contributed by atoms with E-state index >= 15 is 0 Å². The van der Waals surface area contributed by atoms with Crippen LogP contribution in [0.2, 0.25) is 0 Å². The minimum Gasteiger partial charge on any atom is -0.491 e. The molecule has 0 aliphatic rings. The minimum absolute atomic E-state index is 0.0313. The van der Waals surface area contributed by atoms with Crippen LogP contribution in [0.15, 0.2) is 42.5 Å². The third-order valence-electron chi connectivity index (χ3n) is 4.14. The van der Waals surface area contributed by atoms with Crippen molar-refractivity contribution >= 4 is 0 Å². The number of ether oxygens (including phenoxy) is 3. The van der Waals surface area contributed by atoms with Crippen molar-refractivity contribution in [3.8, 4) is 17.2 Å². The first-order valence-electron chi connectivity index (χ1n) is 9.08. The molecule has 0 heterocycles. The first-order valence-corrected chi connectivity index (χ1v) is 9.08. The van der Waals surface area contributed by atoms with Gasteiger partial charge in [-0.05, 0) is 54.4 Å². The van der Waals surface area contributed by atoms with Crippen molar-refractivity contribution in [1.29, 1.82) is 0 Å². The van der Waals surface area contributed by atoms with E-state index in [2.05, 4.69) is 0 Å². The summed E-state index contributed by atoms with van der Waals surface area (Å²) >= 11 is 0. The van der Waals surface area contributed by atoms with Crippen LogP contribution in [-0.2, 0) is 13.2 Å². The molecule has 0 N–H and O–H groups in total. The molecule has 3 rings (SSSR count). The van der Waals surface area contributed by atoms with Crippen LogP contribution in [0.25, 0.3) is 0 Å². The van der Waals surface area contributed by atoms with Crippen LogP contribution in [0, 0.1) is 34.9 Å². The van der Waals surface area contributed by atoms with E-state index in [9.17, 15) is 26.3 Å². The predicted molar refractivity (Wildman–Crippen MR) is 98.9 cm³/mol. The fourth-order valence-corrected chi connectivity index (χ4v) is 2.66. The number of hydrogen-bond donors (Lipinski definition) is 0. The molecule has 0 unspecified atom stereocenters. The van der Waals surface area contributed by atoms with Crippen LogP contribution in [0.1, 0.15) is 18.1 Å². The number of hydrogen-bond acceptors (Lipinski definition) is 3. The second-order valence-corrected chi connectivity index (χ2v) is 6.34. The lowest BCUT2D eigenvalue weighted by Crippen LogP contribution is -2.03. The van der Waals surface area contributed by atoms with Crippen molar-refractivity contribution in [3.63, 3.8) is 0 Å². The van der Waals surface area contributed by atoms with Crippen LogP contribution >= 0.6 is 0 Å². The van der Waals surface area contributed by atoms with Gasteiger partial charge in [0.1, 0.15) is 13.2 Å². The summed E-state index contributed by atoms with van der Waals surface area (Å²) in [5, 5.41) is 0. The molecule has 3 nitrogen and oxygen atoms in total. The monoisotopic (exact) mass is 442 g/mol. The van der Waals surface area contributed by atoms with Gasteiger partial charge in [-0.2, -0.15) is 8.78 Å². The topological polar surface area (TPSA) is 27.7 Å². The molecule has 0 spiro atoms. The molecule has 3 aromatic rings. The average molecular weight is 442 g/mol. The maximum Gasteiger partial charge on any atom is 0.204 e. The molecule has 0 aliphatic carbocycles. The van der Waals surface area contributed by atoms with Crippen molar-refractivity contribution in [2.24, 2.45) is 0 Å². The quantitative estimate of drug-likeness (QED) is 0.313. The average Bonchev–Trinajstić information content (AvgIpc) is 2.74. The Morgan fingerprint density at radius 2 is 1.03 bits per heavy atom. The summed E-state index contributed by atoms with van der Waals surface area (Å²) in [6.45, 7) is 1.11. The highest BCUT2D eigenvalue weighted by molar-refractivity contribution is 5.35. The van der Waals surface area contributed by atoms with Crippen LogP contribution in [0.5, 0.6) is 17.2 Å². The fourth-order valence-electron chi connectivity index (χ4n) is 2.66. The van der Waals surface area contributed by atoms with Crippen molar-refractivity contribution in [1.82, 2.24) is 0 Å². The zero-order valence-corrected chi connectivity index (χ0v) is 16.2. The highest BCUT2D eigenvalue weighted by atomic mass is 19.2. The fraction of sp³-hybridized carbons (Fsp3) is 0.182. The second-order valence-electron chi connectivity index (χ2n) is 6.34. The summed E-state index contributed by atoms with van der Waals surface area (Å²) in [5.74, 6) is -8.47. The highest BCUT2D eigenvalue weighted by Gasteiger charge is 2.16. The number of benzene rings is 3. The van der Waals surface area contributed by atoms with E-state index in [1.807, 2.05) is 0 Å². The van der Waals surface area contributed by atoms with E-state index < -0.39 is 41.5 Å². The van der Waals surface area contributed by atoms with E-state index in [4.69, 9.17) is 14.2 Å². The van der Waals surface area contributed by atoms with Gasteiger partial charge in [0.15, 0.2) is 40.5 Å². The normalized spacial score (nSPS) is 10.8. The van der Waals surface area contributed by atoms with E-state index in [1.54, 1.807) is 6.92 Å². The Kier molecular flexibility index (Phi) is 6.94. The summed E-state index contributed by atoms with van der Waals surface area (Å²) < 4.78 is 96.9. The summed E-state index contributed by atoms with van der Waals surface area (Å²) in [7, 11) is 0. The zero-order chi connectivity index (χ0) is 22.5. The van der Waals surface area contributed by atoms with E-state index in [1.165, 1.54) is 24.3 Å². The van der Waals surface area contributed by atoms with E-state index in [0.717, 1.165) is 18.2 Å². The predicted octanol–water partition coefficient (Wildman–Crippen LogP) is 6.08. The largest absolute Gasteiger partial charge is 0.491 e. The molecular weight excluding hydrogens is 426 g/mol. The Balaban J connectivity index is 1.64. The van der Waals surface area contributed by atoms with Crippen molar-refractivity contribution in [2.45, 2.75) is 20.1 Å². The zero-order valence-electron chi connectivity index (χ0n) is 16.2. The second kappa shape index (κ2) is 9.63. The van der Waals surface area contributed by atoms with Crippen molar-refractivity contribution in [2.75, 3.05) is 6.61 Å². The summed E-state index contributed by atoms with van der Waals surface area (Å²) in [5.41, 5.74) is 0.258. The van der Waals surface area contributed by atoms with Gasteiger partial charge in [-0.3, -0.25) is 0 Å². The van der Waals surface area contributed by atoms with Gasteiger partial charge in [0.25, 0.3) is 0 Å². The molecule has 0 amide bonds. The maximum absolute atomic E-state index is 14.2. The molecule has 0 radical (unpaired) electrons. The molecule has 0 aromatic heterocycles. The first-order chi connectivity index (χ1) is 14.8. The van der Waals surface area contributed by atoms with Gasteiger partial charge >= 0.3 is 0 Å². The molecule has 0 fully saturated rings. The molecule has 9 heteroatoms. The molecule has 0 saturated carbocycles. The standard InChI is InChI=1S/C22H16F6O3/c1-2-29-18-5-6-19(22(28)21(18)27)31-10-12-3-4-17(14(23)7-12)30-11-13-8-15(24)20(26)16(25)9-13/h3-9H,2,10-11H2,1H3. The van der Waals surface area contributed by atoms with Gasteiger partial charge in [-0.15, -0.1) is 0 Å². The Bertz CT molecular complexity index is 1060. The van der Waals surface area contributed by atoms with Crippen LogP contribution < -0.4 is 14.2 Å². The number of rotatable bonds is 8. The molecule has 164 valence electrons. The molecule has 0 aliphatic heterocycles. The van der Waals surface area contributed by atoms with E-state index in [0.29, 0.717) is 0 Å².